The number of pyridine rings is 2. The van der Waals surface area contributed by atoms with Gasteiger partial charge in [0, 0.05) is 29.2 Å². The lowest BCUT2D eigenvalue weighted by Gasteiger charge is -2.22. The van der Waals surface area contributed by atoms with Gasteiger partial charge in [-0.25, -0.2) is 14.2 Å². The molecule has 1 atom stereocenters. The molecule has 4 heterocycles. The number of nitrogens with zero attached hydrogens (tertiary/aromatic N) is 2. The molecule has 2 N–H and O–H groups in total. The number of aromatic nitrogens is 2. The van der Waals surface area contributed by atoms with Crippen molar-refractivity contribution in [2.45, 2.75) is 92.9 Å². The summed E-state index contributed by atoms with van der Waals surface area (Å²) in [5, 5.41) is 19.3. The lowest BCUT2D eigenvalue weighted by atomic mass is 9.85. The van der Waals surface area contributed by atoms with E-state index in [9.17, 15) is 19.1 Å². The highest BCUT2D eigenvalue weighted by molar-refractivity contribution is 5.92. The number of halogens is 1. The Hall–Kier alpha value is -3.10. The highest BCUT2D eigenvalue weighted by atomic mass is 19.1. The molecule has 3 aromatic rings. The lowest BCUT2D eigenvalue weighted by molar-refractivity contribution is -0.157. The number of hydrogen-bond donors (Lipinski definition) is 2. The van der Waals surface area contributed by atoms with Crippen LogP contribution in [0.15, 0.2) is 16.9 Å². The van der Waals surface area contributed by atoms with Crippen LogP contribution in [-0.2, 0) is 35.5 Å². The van der Waals surface area contributed by atoms with E-state index in [1.54, 1.807) is 17.6 Å². The molecule has 8 heteroatoms. The van der Waals surface area contributed by atoms with Gasteiger partial charge in [-0.15, -0.1) is 0 Å². The van der Waals surface area contributed by atoms with Gasteiger partial charge in [0.25, 0.3) is 5.56 Å². The molecule has 3 aliphatic rings. The zero-order valence-corrected chi connectivity index (χ0v) is 23.3. The zero-order chi connectivity index (χ0) is 28.1. The first-order valence-electron chi connectivity index (χ1n) is 13.7. The Morgan fingerprint density at radius 3 is 2.39 bits per heavy atom. The molecule has 2 aliphatic heterocycles. The van der Waals surface area contributed by atoms with Crippen molar-refractivity contribution < 1.29 is 24.1 Å². The van der Waals surface area contributed by atoms with E-state index < -0.39 is 12.1 Å². The molecule has 0 fully saturated rings. The average molecular weight is 527 g/mol. The Bertz CT molecular complexity index is 1390. The SMILES string of the molecule is CC.CC.CCCCO.Cc1c(F)cc2nc3c(c4c2c1CCC4)Cn1c-3cc2c(c1=O)COC(=O)C2O. The number of hydrogen-bond acceptors (Lipinski definition) is 6. The van der Waals surface area contributed by atoms with Gasteiger partial charge in [0.15, 0.2) is 6.10 Å². The number of rotatable bonds is 2. The number of fused-ring (bicyclic) bond motifs is 5. The maximum atomic E-state index is 14.5. The number of carbonyl (C=O) groups excluding carboxylic acids is 1. The summed E-state index contributed by atoms with van der Waals surface area (Å²) in [7, 11) is 0. The Labute approximate surface area is 223 Å². The number of cyclic esters (lactones) is 1. The molecular weight excluding hydrogens is 487 g/mol. The molecule has 6 rings (SSSR count). The van der Waals surface area contributed by atoms with E-state index in [0.717, 1.165) is 54.2 Å². The maximum Gasteiger partial charge on any atom is 0.340 e. The van der Waals surface area contributed by atoms with Crippen LogP contribution < -0.4 is 5.56 Å². The van der Waals surface area contributed by atoms with Crippen LogP contribution >= 0.6 is 0 Å². The molecule has 0 amide bonds. The average Bonchev–Trinajstić information content (AvgIpc) is 3.32. The molecule has 1 unspecified atom stereocenters. The minimum Gasteiger partial charge on any atom is -0.458 e. The monoisotopic (exact) mass is 526 g/mol. The van der Waals surface area contributed by atoms with Crippen molar-refractivity contribution in [3.8, 4) is 11.4 Å². The maximum absolute atomic E-state index is 14.5. The number of carbonyl (C=O) groups is 1. The third-order valence-electron chi connectivity index (χ3n) is 7.05. The first-order valence-corrected chi connectivity index (χ1v) is 13.7. The first kappa shape index (κ1) is 29.5. The van der Waals surface area contributed by atoms with Crippen LogP contribution in [0, 0.1) is 12.7 Å². The molecule has 206 valence electrons. The highest BCUT2D eigenvalue weighted by Gasteiger charge is 2.35. The number of esters is 1. The van der Waals surface area contributed by atoms with Gasteiger partial charge in [-0.3, -0.25) is 4.79 Å². The molecule has 1 aromatic carbocycles. The molecule has 2 aromatic heterocycles. The number of aryl methyl sites for hydroxylation is 2. The van der Waals surface area contributed by atoms with Gasteiger partial charge in [-0.2, -0.15) is 0 Å². The second-order valence-corrected chi connectivity index (χ2v) is 9.07. The van der Waals surface area contributed by atoms with E-state index >= 15 is 0 Å². The summed E-state index contributed by atoms with van der Waals surface area (Å²) in [5.41, 5.74) is 5.86. The highest BCUT2D eigenvalue weighted by Crippen LogP contribution is 2.41. The van der Waals surface area contributed by atoms with E-state index in [2.05, 4.69) is 6.92 Å². The Kier molecular flexibility index (Phi) is 9.79. The number of benzene rings is 1. The fourth-order valence-corrected chi connectivity index (χ4v) is 5.22. The van der Waals surface area contributed by atoms with Crippen molar-refractivity contribution in [3.63, 3.8) is 0 Å². The third-order valence-corrected chi connectivity index (χ3v) is 7.05. The van der Waals surface area contributed by atoms with Crippen molar-refractivity contribution in [1.29, 1.82) is 0 Å². The van der Waals surface area contributed by atoms with E-state index in [1.807, 2.05) is 27.7 Å². The Balaban J connectivity index is 0.000000395. The van der Waals surface area contributed by atoms with Gasteiger partial charge in [-0.1, -0.05) is 41.0 Å². The normalized spacial score (nSPS) is 15.9. The Morgan fingerprint density at radius 2 is 1.76 bits per heavy atom. The molecular formula is C30H39FN2O5. The fourth-order valence-electron chi connectivity index (χ4n) is 5.22. The van der Waals surface area contributed by atoms with E-state index in [-0.39, 0.29) is 23.5 Å². The first-order chi connectivity index (χ1) is 18.4. The molecule has 0 spiro atoms. The van der Waals surface area contributed by atoms with E-state index in [1.165, 1.54) is 6.07 Å². The van der Waals surface area contributed by atoms with Crippen molar-refractivity contribution in [3.05, 3.63) is 61.7 Å². The van der Waals surface area contributed by atoms with Crippen LogP contribution in [0.4, 0.5) is 4.39 Å². The lowest BCUT2D eigenvalue weighted by Crippen LogP contribution is -2.32. The largest absolute Gasteiger partial charge is 0.458 e. The number of aliphatic hydroxyl groups excluding tert-OH is 2. The van der Waals surface area contributed by atoms with Crippen molar-refractivity contribution in [1.82, 2.24) is 9.55 Å². The predicted molar refractivity (Wildman–Crippen MR) is 147 cm³/mol. The van der Waals surface area contributed by atoms with Crippen molar-refractivity contribution >= 4 is 16.9 Å². The van der Waals surface area contributed by atoms with Crippen molar-refractivity contribution in [2.75, 3.05) is 6.61 Å². The number of aliphatic hydroxyl groups is 2. The summed E-state index contributed by atoms with van der Waals surface area (Å²) in [6.07, 6.45) is 3.15. The van der Waals surface area contributed by atoms with Gasteiger partial charge in [0.05, 0.1) is 29.0 Å². The molecule has 1 aliphatic carbocycles. The number of unbranched alkanes of at least 4 members (excludes halogenated alkanes) is 1. The van der Waals surface area contributed by atoms with Gasteiger partial charge >= 0.3 is 5.97 Å². The van der Waals surface area contributed by atoms with Crippen LogP contribution in [0.3, 0.4) is 0 Å². The minimum atomic E-state index is -1.48. The fraction of sp³-hybridized carbons (Fsp3) is 0.500. The molecule has 0 bridgehead atoms. The van der Waals surface area contributed by atoms with Crippen LogP contribution in [0.25, 0.3) is 22.3 Å². The van der Waals surface area contributed by atoms with E-state index in [4.69, 9.17) is 14.8 Å². The van der Waals surface area contributed by atoms with Gasteiger partial charge in [0.1, 0.15) is 12.4 Å². The van der Waals surface area contributed by atoms with Gasteiger partial charge < -0.3 is 19.5 Å². The summed E-state index contributed by atoms with van der Waals surface area (Å²) in [5.74, 6) is -1.03. The Morgan fingerprint density at radius 1 is 1.08 bits per heavy atom. The van der Waals surface area contributed by atoms with Gasteiger partial charge in [0.2, 0.25) is 0 Å². The molecule has 0 saturated heterocycles. The summed E-state index contributed by atoms with van der Waals surface area (Å²) < 4.78 is 21.1. The minimum absolute atomic E-state index is 0.141. The molecule has 7 nitrogen and oxygen atoms in total. The van der Waals surface area contributed by atoms with Gasteiger partial charge in [-0.05, 0) is 55.4 Å². The number of ether oxygens (including phenoxy) is 1. The van der Waals surface area contributed by atoms with Crippen molar-refractivity contribution in [2.24, 2.45) is 0 Å². The second kappa shape index (κ2) is 12.6. The van der Waals surface area contributed by atoms with Crippen LogP contribution in [0.2, 0.25) is 0 Å². The van der Waals surface area contributed by atoms with E-state index in [0.29, 0.717) is 41.2 Å². The van der Waals surface area contributed by atoms with Crippen LogP contribution in [-0.4, -0.2) is 32.3 Å². The van der Waals surface area contributed by atoms with Crippen LogP contribution in [0.1, 0.15) is 93.4 Å². The van der Waals surface area contributed by atoms with Crippen LogP contribution in [0.5, 0.6) is 0 Å². The molecule has 0 radical (unpaired) electrons. The standard InChI is InChI=1S/C22H17FN2O4.C4H10O.2C2H6/c1-9-10-3-2-4-11-13-7-25-17(19(13)24-16(18(10)11)6-15(9)23)5-12-14(21(25)27)8-29-22(28)20(12)26;1-2-3-4-5;2*1-2/h5-6,20,26H,2-4,7-8H2,1H3;5H,2-4H2,1H3;2*1-2H3. The smallest absolute Gasteiger partial charge is 0.340 e. The quantitative estimate of drug-likeness (QED) is 0.345. The summed E-state index contributed by atoms with van der Waals surface area (Å²) in [4.78, 5) is 29.6. The molecule has 38 heavy (non-hydrogen) atoms. The summed E-state index contributed by atoms with van der Waals surface area (Å²) in [6.45, 7) is 12.4. The molecule has 0 saturated carbocycles. The zero-order valence-electron chi connectivity index (χ0n) is 23.3. The predicted octanol–water partition coefficient (Wildman–Crippen LogP) is 5.28. The third kappa shape index (κ3) is 4.99. The summed E-state index contributed by atoms with van der Waals surface area (Å²) in [6, 6.07) is 3.13. The second-order valence-electron chi connectivity index (χ2n) is 9.07. The topological polar surface area (TPSA) is 102 Å². The summed E-state index contributed by atoms with van der Waals surface area (Å²) >= 11 is 0.